The molecule has 0 unspecified atom stereocenters. The van der Waals surface area contributed by atoms with Crippen LogP contribution in [0.2, 0.25) is 5.02 Å². The predicted molar refractivity (Wildman–Crippen MR) is 73.6 cm³/mol. The molecule has 102 valence electrons. The number of furan rings is 1. The lowest BCUT2D eigenvalue weighted by Gasteiger charge is -2.07. The van der Waals surface area contributed by atoms with E-state index >= 15 is 0 Å². The van der Waals surface area contributed by atoms with E-state index < -0.39 is 10.0 Å². The number of aryl methyl sites for hydroxylation is 1. The SMILES string of the molecule is Cc1ccc(NS(=O)(=O)c2ccc(CN)o2)cc1Cl. The quantitative estimate of drug-likeness (QED) is 0.908. The summed E-state index contributed by atoms with van der Waals surface area (Å²) in [6.45, 7) is 1.98. The Kier molecular flexibility index (Phi) is 3.84. The van der Waals surface area contributed by atoms with Gasteiger partial charge in [0.1, 0.15) is 5.76 Å². The molecule has 0 aliphatic rings. The van der Waals surface area contributed by atoms with Gasteiger partial charge in [0.05, 0.1) is 12.2 Å². The van der Waals surface area contributed by atoms with E-state index in [-0.39, 0.29) is 11.6 Å². The Morgan fingerprint density at radius 1 is 1.32 bits per heavy atom. The summed E-state index contributed by atoms with van der Waals surface area (Å²) in [4.78, 5) is 0. The van der Waals surface area contributed by atoms with E-state index in [9.17, 15) is 8.42 Å². The van der Waals surface area contributed by atoms with Crippen LogP contribution in [0.15, 0.2) is 39.8 Å². The summed E-state index contributed by atoms with van der Waals surface area (Å²) < 4.78 is 31.6. The number of nitrogens with two attached hydrogens (primary N) is 1. The van der Waals surface area contributed by atoms with Gasteiger partial charge in [-0.25, -0.2) is 0 Å². The van der Waals surface area contributed by atoms with Gasteiger partial charge in [-0.15, -0.1) is 0 Å². The van der Waals surface area contributed by atoms with Crippen molar-refractivity contribution in [3.8, 4) is 0 Å². The van der Waals surface area contributed by atoms with Crippen LogP contribution in [0.1, 0.15) is 11.3 Å². The fourth-order valence-electron chi connectivity index (χ4n) is 1.47. The minimum atomic E-state index is -3.76. The number of benzene rings is 1. The van der Waals surface area contributed by atoms with Crippen LogP contribution in [0.4, 0.5) is 5.69 Å². The third-order valence-corrected chi connectivity index (χ3v) is 4.19. The van der Waals surface area contributed by atoms with Crippen LogP contribution in [0.25, 0.3) is 0 Å². The number of nitrogens with one attached hydrogen (secondary N) is 1. The van der Waals surface area contributed by atoms with Gasteiger partial charge in [0.25, 0.3) is 10.0 Å². The monoisotopic (exact) mass is 300 g/mol. The zero-order valence-corrected chi connectivity index (χ0v) is 11.8. The summed E-state index contributed by atoms with van der Waals surface area (Å²) in [5.41, 5.74) is 6.61. The summed E-state index contributed by atoms with van der Waals surface area (Å²) in [5, 5.41) is 0.312. The molecule has 2 rings (SSSR count). The van der Waals surface area contributed by atoms with Gasteiger partial charge in [0.2, 0.25) is 5.09 Å². The first-order chi connectivity index (χ1) is 8.92. The maximum absolute atomic E-state index is 12.0. The van der Waals surface area contributed by atoms with Crippen molar-refractivity contribution in [1.82, 2.24) is 0 Å². The number of hydrogen-bond donors (Lipinski definition) is 2. The summed E-state index contributed by atoms with van der Waals surface area (Å²) in [7, 11) is -3.76. The van der Waals surface area contributed by atoms with Crippen molar-refractivity contribution in [2.24, 2.45) is 5.73 Å². The molecule has 1 aromatic heterocycles. The molecule has 5 nitrogen and oxygen atoms in total. The standard InChI is InChI=1S/C12H13ClN2O3S/c1-8-2-3-9(6-11(8)13)15-19(16,17)12-5-4-10(7-14)18-12/h2-6,15H,7,14H2,1H3. The van der Waals surface area contributed by atoms with Crippen LogP contribution >= 0.6 is 11.6 Å². The highest BCUT2D eigenvalue weighted by molar-refractivity contribution is 7.92. The number of halogens is 1. The van der Waals surface area contributed by atoms with Crippen molar-refractivity contribution in [1.29, 1.82) is 0 Å². The number of hydrogen-bond acceptors (Lipinski definition) is 4. The van der Waals surface area contributed by atoms with Crippen molar-refractivity contribution in [3.05, 3.63) is 46.7 Å². The van der Waals surface area contributed by atoms with Crippen LogP contribution in [0.5, 0.6) is 0 Å². The van der Waals surface area contributed by atoms with E-state index in [4.69, 9.17) is 21.8 Å². The van der Waals surface area contributed by atoms with Crippen LogP contribution in [0, 0.1) is 6.92 Å². The first-order valence-corrected chi connectivity index (χ1v) is 7.36. The molecule has 1 aromatic carbocycles. The average Bonchev–Trinajstić information content (AvgIpc) is 2.83. The molecule has 0 amide bonds. The molecule has 0 saturated carbocycles. The summed E-state index contributed by atoms with van der Waals surface area (Å²) in [6.07, 6.45) is 0. The molecular weight excluding hydrogens is 288 g/mol. The van der Waals surface area contributed by atoms with E-state index in [1.807, 2.05) is 6.92 Å². The Morgan fingerprint density at radius 2 is 2.05 bits per heavy atom. The topological polar surface area (TPSA) is 85.3 Å². The highest BCUT2D eigenvalue weighted by atomic mass is 35.5. The highest BCUT2D eigenvalue weighted by Crippen LogP contribution is 2.23. The highest BCUT2D eigenvalue weighted by Gasteiger charge is 2.18. The maximum atomic E-state index is 12.0. The fourth-order valence-corrected chi connectivity index (χ4v) is 2.66. The maximum Gasteiger partial charge on any atom is 0.295 e. The number of anilines is 1. The number of sulfonamides is 1. The minimum absolute atomic E-state index is 0.145. The van der Waals surface area contributed by atoms with Crippen LogP contribution in [-0.2, 0) is 16.6 Å². The first kappa shape index (κ1) is 13.9. The minimum Gasteiger partial charge on any atom is -0.446 e. The molecule has 0 saturated heterocycles. The Labute approximate surface area is 116 Å². The third-order valence-electron chi connectivity index (χ3n) is 2.53. The van der Waals surface area contributed by atoms with Gasteiger partial charge in [0, 0.05) is 5.02 Å². The Hall–Kier alpha value is -1.50. The zero-order valence-electron chi connectivity index (χ0n) is 10.2. The van der Waals surface area contributed by atoms with Crippen molar-refractivity contribution in [2.45, 2.75) is 18.6 Å². The smallest absolute Gasteiger partial charge is 0.295 e. The van der Waals surface area contributed by atoms with E-state index in [0.29, 0.717) is 16.5 Å². The van der Waals surface area contributed by atoms with Gasteiger partial charge in [0.15, 0.2) is 0 Å². The normalized spacial score (nSPS) is 11.5. The largest absolute Gasteiger partial charge is 0.446 e. The molecule has 3 N–H and O–H groups in total. The van der Waals surface area contributed by atoms with Crippen LogP contribution < -0.4 is 10.5 Å². The lowest BCUT2D eigenvalue weighted by Crippen LogP contribution is -2.12. The van der Waals surface area contributed by atoms with Crippen molar-refractivity contribution in [2.75, 3.05) is 4.72 Å². The molecule has 0 spiro atoms. The second kappa shape index (κ2) is 5.24. The van der Waals surface area contributed by atoms with Gasteiger partial charge >= 0.3 is 0 Å². The molecule has 0 atom stereocenters. The molecule has 7 heteroatoms. The predicted octanol–water partition coefficient (Wildman–Crippen LogP) is 2.50. The molecule has 0 radical (unpaired) electrons. The summed E-state index contributed by atoms with van der Waals surface area (Å²) >= 11 is 5.94. The first-order valence-electron chi connectivity index (χ1n) is 5.50. The number of rotatable bonds is 4. The molecule has 0 bridgehead atoms. The molecular formula is C12H13ClN2O3S. The van der Waals surface area contributed by atoms with E-state index in [1.165, 1.54) is 12.1 Å². The van der Waals surface area contributed by atoms with Crippen molar-refractivity contribution in [3.63, 3.8) is 0 Å². The Morgan fingerprint density at radius 3 is 2.63 bits per heavy atom. The second-order valence-corrected chi connectivity index (χ2v) is 6.01. The van der Waals surface area contributed by atoms with Gasteiger partial charge in [-0.05, 0) is 36.8 Å². The second-order valence-electron chi connectivity index (χ2n) is 3.99. The van der Waals surface area contributed by atoms with Gasteiger partial charge < -0.3 is 10.2 Å². The molecule has 1 heterocycles. The Balaban J connectivity index is 2.28. The lowest BCUT2D eigenvalue weighted by molar-refractivity contribution is 0.417. The fraction of sp³-hybridized carbons (Fsp3) is 0.167. The summed E-state index contributed by atoms with van der Waals surface area (Å²) in [5.74, 6) is 0.405. The molecule has 19 heavy (non-hydrogen) atoms. The van der Waals surface area contributed by atoms with Gasteiger partial charge in [-0.3, -0.25) is 4.72 Å². The van der Waals surface area contributed by atoms with E-state index in [2.05, 4.69) is 4.72 Å². The Bertz CT molecular complexity index is 695. The van der Waals surface area contributed by atoms with Gasteiger partial charge in [-0.1, -0.05) is 17.7 Å². The zero-order chi connectivity index (χ0) is 14.0. The van der Waals surface area contributed by atoms with Crippen molar-refractivity contribution >= 4 is 27.3 Å². The lowest BCUT2D eigenvalue weighted by atomic mass is 10.2. The average molecular weight is 301 g/mol. The van der Waals surface area contributed by atoms with E-state index in [0.717, 1.165) is 5.56 Å². The van der Waals surface area contributed by atoms with Crippen LogP contribution in [-0.4, -0.2) is 8.42 Å². The van der Waals surface area contributed by atoms with Crippen LogP contribution in [0.3, 0.4) is 0 Å². The molecule has 0 fully saturated rings. The van der Waals surface area contributed by atoms with Crippen molar-refractivity contribution < 1.29 is 12.8 Å². The molecule has 0 aliphatic heterocycles. The molecule has 0 aliphatic carbocycles. The summed E-state index contributed by atoms with van der Waals surface area (Å²) in [6, 6.07) is 7.79. The molecule has 2 aromatic rings. The third kappa shape index (κ3) is 3.09. The van der Waals surface area contributed by atoms with E-state index in [1.54, 1.807) is 18.2 Å². The van der Waals surface area contributed by atoms with Gasteiger partial charge in [-0.2, -0.15) is 8.42 Å².